The van der Waals surface area contributed by atoms with Crippen molar-refractivity contribution in [1.29, 1.82) is 0 Å². The van der Waals surface area contributed by atoms with E-state index in [9.17, 15) is 26.8 Å². The molecule has 0 unspecified atom stereocenters. The highest BCUT2D eigenvalue weighted by Gasteiger charge is 2.60. The highest BCUT2D eigenvalue weighted by molar-refractivity contribution is 7.92. The van der Waals surface area contributed by atoms with Gasteiger partial charge in [-0.2, -0.15) is 0 Å². The number of fused-ring (bicyclic) bond motifs is 2. The largest absolute Gasteiger partial charge is 0.343 e. The van der Waals surface area contributed by atoms with Crippen LogP contribution in [0.3, 0.4) is 0 Å². The van der Waals surface area contributed by atoms with Crippen LogP contribution in [0, 0.1) is 17.6 Å². The molecule has 0 aromatic heterocycles. The minimum atomic E-state index is -4.08. The Labute approximate surface area is 242 Å². The second-order valence-electron chi connectivity index (χ2n) is 11.0. The molecule has 7 nitrogen and oxygen atoms in total. The van der Waals surface area contributed by atoms with E-state index in [4.69, 9.17) is 11.6 Å². The van der Waals surface area contributed by atoms with E-state index in [0.717, 1.165) is 36.6 Å². The number of benzene rings is 3. The third-order valence-corrected chi connectivity index (χ3v) is 10.7. The van der Waals surface area contributed by atoms with E-state index in [1.807, 2.05) is 0 Å². The predicted molar refractivity (Wildman–Crippen MR) is 152 cm³/mol. The molecule has 3 aromatic rings. The van der Waals surface area contributed by atoms with Crippen LogP contribution in [-0.4, -0.2) is 44.3 Å². The van der Waals surface area contributed by atoms with Gasteiger partial charge in [0.1, 0.15) is 11.6 Å². The molecule has 1 saturated carbocycles. The normalized spacial score (nSPS) is 19.8. The molecule has 6 rings (SSSR count). The molecule has 1 aliphatic carbocycles. The lowest BCUT2D eigenvalue weighted by molar-refractivity contribution is -0.130. The van der Waals surface area contributed by atoms with Gasteiger partial charge in [-0.1, -0.05) is 11.6 Å². The highest BCUT2D eigenvalue weighted by atomic mass is 35.5. The van der Waals surface area contributed by atoms with Crippen LogP contribution >= 0.6 is 11.6 Å². The summed E-state index contributed by atoms with van der Waals surface area (Å²) in [4.78, 5) is 27.0. The van der Waals surface area contributed by atoms with E-state index in [2.05, 4.69) is 5.32 Å². The Kier molecular flexibility index (Phi) is 6.81. The fourth-order valence-electron chi connectivity index (χ4n) is 6.45. The summed E-state index contributed by atoms with van der Waals surface area (Å²) in [5, 5.41) is 2.89. The molecule has 11 heteroatoms. The van der Waals surface area contributed by atoms with Crippen LogP contribution in [0.1, 0.15) is 48.5 Å². The van der Waals surface area contributed by atoms with Crippen molar-refractivity contribution in [2.24, 2.45) is 5.92 Å². The molecular weight excluding hydrogens is 572 g/mol. The first-order valence-corrected chi connectivity index (χ1v) is 15.3. The first-order valence-electron chi connectivity index (χ1n) is 13.5. The van der Waals surface area contributed by atoms with E-state index < -0.39 is 39.0 Å². The first-order chi connectivity index (χ1) is 19.5. The van der Waals surface area contributed by atoms with Gasteiger partial charge in [-0.3, -0.25) is 13.9 Å². The second kappa shape index (κ2) is 10.1. The molecule has 1 spiro atoms. The Bertz CT molecular complexity index is 1650. The Hall–Kier alpha value is -3.50. The van der Waals surface area contributed by atoms with Crippen molar-refractivity contribution in [3.63, 3.8) is 0 Å². The van der Waals surface area contributed by atoms with E-state index in [0.29, 0.717) is 37.3 Å². The standard InChI is InChI=1S/C30H28ClF2N3O4S/c1-18(37)35-14-12-30(13-15-35)25-17-22(34-29(38)24-16-21(33)6-10-26(24)31)7-11-27(25)36(28(30)19-2-3-19)41(39,40)23-8-4-20(32)5-9-23/h4-11,16-17,19,28H,2-3,12-15H2,1H3,(H,34,38)/t28-/m1/s1. The molecule has 0 radical (unpaired) electrons. The lowest BCUT2D eigenvalue weighted by atomic mass is 9.68. The summed E-state index contributed by atoms with van der Waals surface area (Å²) < 4.78 is 57.4. The van der Waals surface area contributed by atoms with Crippen LogP contribution in [0.2, 0.25) is 5.02 Å². The lowest BCUT2D eigenvalue weighted by Crippen LogP contribution is -2.54. The fourth-order valence-corrected chi connectivity index (χ4v) is 8.45. The quantitative estimate of drug-likeness (QED) is 0.405. The van der Waals surface area contributed by atoms with Gasteiger partial charge in [-0.15, -0.1) is 0 Å². The zero-order valence-electron chi connectivity index (χ0n) is 22.2. The number of piperidine rings is 1. The number of nitrogens with one attached hydrogen (secondary N) is 1. The van der Waals surface area contributed by atoms with E-state index in [1.165, 1.54) is 35.5 Å². The first kappa shape index (κ1) is 27.7. The number of likely N-dealkylation sites (tertiary alicyclic amines) is 1. The molecule has 2 aliphatic heterocycles. The highest BCUT2D eigenvalue weighted by Crippen LogP contribution is 2.59. The molecule has 2 amide bonds. The summed E-state index contributed by atoms with van der Waals surface area (Å²) in [6.45, 7) is 2.46. The molecule has 1 atom stereocenters. The number of halogens is 3. The maximum atomic E-state index is 14.2. The van der Waals surface area contributed by atoms with Gasteiger partial charge in [-0.05, 0) is 97.8 Å². The summed E-state index contributed by atoms with van der Waals surface area (Å²) in [6.07, 6.45) is 2.83. The number of anilines is 2. The number of carbonyl (C=O) groups excluding carboxylic acids is 2. The van der Waals surface area contributed by atoms with Crippen LogP contribution in [-0.2, 0) is 20.2 Å². The number of hydrogen-bond acceptors (Lipinski definition) is 4. The van der Waals surface area contributed by atoms with Crippen molar-refractivity contribution in [2.45, 2.75) is 49.0 Å². The third kappa shape index (κ3) is 4.76. The molecule has 2 fully saturated rings. The summed E-state index contributed by atoms with van der Waals surface area (Å²) in [6, 6.07) is 13.0. The number of carbonyl (C=O) groups is 2. The smallest absolute Gasteiger partial charge is 0.264 e. The van der Waals surface area contributed by atoms with Gasteiger partial charge in [0.05, 0.1) is 27.2 Å². The van der Waals surface area contributed by atoms with Crippen molar-refractivity contribution in [3.05, 3.63) is 88.4 Å². The van der Waals surface area contributed by atoms with Gasteiger partial charge < -0.3 is 10.2 Å². The minimum Gasteiger partial charge on any atom is -0.343 e. The summed E-state index contributed by atoms with van der Waals surface area (Å²) in [7, 11) is -4.08. The number of hydrogen-bond donors (Lipinski definition) is 1. The molecule has 1 N–H and O–H groups in total. The van der Waals surface area contributed by atoms with Crippen LogP contribution < -0.4 is 9.62 Å². The van der Waals surface area contributed by atoms with Crippen LogP contribution in [0.4, 0.5) is 20.2 Å². The molecule has 2 heterocycles. The van der Waals surface area contributed by atoms with Crippen LogP contribution in [0.15, 0.2) is 65.6 Å². The van der Waals surface area contributed by atoms with Gasteiger partial charge in [0.25, 0.3) is 15.9 Å². The molecule has 214 valence electrons. The average Bonchev–Trinajstić information content (AvgIpc) is 3.74. The average molecular weight is 600 g/mol. The lowest BCUT2D eigenvalue weighted by Gasteiger charge is -2.45. The predicted octanol–water partition coefficient (Wildman–Crippen LogP) is 5.74. The molecule has 1 saturated heterocycles. The minimum absolute atomic E-state index is 0.00755. The van der Waals surface area contributed by atoms with Gasteiger partial charge in [0, 0.05) is 31.1 Å². The number of sulfonamides is 1. The zero-order valence-corrected chi connectivity index (χ0v) is 23.8. The number of nitrogens with zero attached hydrogens (tertiary/aromatic N) is 2. The van der Waals surface area contributed by atoms with Crippen LogP contribution in [0.5, 0.6) is 0 Å². The monoisotopic (exact) mass is 599 g/mol. The topological polar surface area (TPSA) is 86.8 Å². The van der Waals surface area contributed by atoms with Crippen molar-refractivity contribution in [1.82, 2.24) is 4.90 Å². The Morgan fingerprint density at radius 2 is 1.61 bits per heavy atom. The van der Waals surface area contributed by atoms with E-state index in [1.54, 1.807) is 23.1 Å². The second-order valence-corrected chi connectivity index (χ2v) is 13.2. The Balaban J connectivity index is 1.46. The van der Waals surface area contributed by atoms with Gasteiger partial charge in [0.15, 0.2) is 0 Å². The third-order valence-electron chi connectivity index (χ3n) is 8.56. The van der Waals surface area contributed by atoms with Crippen molar-refractivity contribution in [3.8, 4) is 0 Å². The van der Waals surface area contributed by atoms with Gasteiger partial charge in [0.2, 0.25) is 5.91 Å². The summed E-state index contributed by atoms with van der Waals surface area (Å²) in [5.74, 6) is -1.65. The van der Waals surface area contributed by atoms with Gasteiger partial charge in [-0.25, -0.2) is 17.2 Å². The fraction of sp³-hybridized carbons (Fsp3) is 0.333. The SMILES string of the molecule is CC(=O)N1CCC2(CC1)c1cc(NC(=O)c3cc(F)ccc3Cl)ccc1N(S(=O)(=O)c1ccc(F)cc1)[C@@H]2C1CC1. The maximum Gasteiger partial charge on any atom is 0.264 e. The van der Waals surface area contributed by atoms with E-state index in [-0.39, 0.29) is 27.3 Å². The van der Waals surface area contributed by atoms with Crippen molar-refractivity contribution in [2.75, 3.05) is 22.7 Å². The zero-order chi connectivity index (χ0) is 29.1. The molecule has 3 aromatic carbocycles. The molecule has 41 heavy (non-hydrogen) atoms. The molecule has 0 bridgehead atoms. The maximum absolute atomic E-state index is 14.2. The molecule has 3 aliphatic rings. The van der Waals surface area contributed by atoms with Gasteiger partial charge >= 0.3 is 0 Å². The Morgan fingerprint density at radius 1 is 0.951 bits per heavy atom. The number of rotatable bonds is 5. The van der Waals surface area contributed by atoms with E-state index >= 15 is 0 Å². The van der Waals surface area contributed by atoms with Crippen LogP contribution in [0.25, 0.3) is 0 Å². The summed E-state index contributed by atoms with van der Waals surface area (Å²) in [5.41, 5.74) is 1.06. The van der Waals surface area contributed by atoms with Crippen molar-refractivity contribution >= 4 is 44.8 Å². The molecular formula is C30H28ClF2N3O4S. The number of amides is 2. The summed E-state index contributed by atoms with van der Waals surface area (Å²) >= 11 is 6.15. The Morgan fingerprint density at radius 3 is 2.24 bits per heavy atom. The van der Waals surface area contributed by atoms with Crippen molar-refractivity contribution < 1.29 is 26.8 Å².